The van der Waals surface area contributed by atoms with Gasteiger partial charge in [0.1, 0.15) is 0 Å². The van der Waals surface area contributed by atoms with Gasteiger partial charge in [-0.1, -0.05) is 18.2 Å². The van der Waals surface area contributed by atoms with Gasteiger partial charge in [-0.05, 0) is 44.2 Å². The number of rotatable bonds is 7. The smallest absolute Gasteiger partial charge is 0.229 e. The number of carbonyl (C=O) groups is 2. The number of nitrogens with one attached hydrogen (secondary N) is 1. The van der Waals surface area contributed by atoms with E-state index in [0.717, 1.165) is 37.8 Å². The van der Waals surface area contributed by atoms with Crippen molar-refractivity contribution in [2.24, 2.45) is 11.8 Å². The molecule has 0 aliphatic heterocycles. The molecule has 1 N–H and O–H groups in total. The summed E-state index contributed by atoms with van der Waals surface area (Å²) in [5, 5.41) is 2.97. The van der Waals surface area contributed by atoms with Gasteiger partial charge in [0.25, 0.3) is 0 Å². The Morgan fingerprint density at radius 1 is 1.12 bits per heavy atom. The van der Waals surface area contributed by atoms with Gasteiger partial charge in [0.15, 0.2) is 0 Å². The number of benzene rings is 1. The first-order valence-electron chi connectivity index (χ1n) is 8.72. The number of carbonyl (C=O) groups excluding carboxylic acids is 2. The fourth-order valence-electron chi connectivity index (χ4n) is 3.23. The van der Waals surface area contributed by atoms with E-state index in [4.69, 9.17) is 4.74 Å². The van der Waals surface area contributed by atoms with Crippen molar-refractivity contribution in [2.75, 3.05) is 32.2 Å². The number of nitrogens with zero attached hydrogens (tertiary/aromatic N) is 1. The summed E-state index contributed by atoms with van der Waals surface area (Å²) >= 11 is 0. The van der Waals surface area contributed by atoms with Crippen LogP contribution in [0.4, 0.5) is 5.69 Å². The molecule has 0 heterocycles. The van der Waals surface area contributed by atoms with Gasteiger partial charge in [-0.2, -0.15) is 0 Å². The Balaban J connectivity index is 1.77. The van der Waals surface area contributed by atoms with Crippen LogP contribution in [0.3, 0.4) is 0 Å². The number of para-hydroxylation sites is 1. The fraction of sp³-hybridized carbons (Fsp3) is 0.579. The van der Waals surface area contributed by atoms with Crippen molar-refractivity contribution in [3.63, 3.8) is 0 Å². The SMILES string of the molecule is COCCCNC(=O)C1CCC(C(=O)N(C)c2ccccc2)CC1. The summed E-state index contributed by atoms with van der Waals surface area (Å²) in [6, 6.07) is 9.69. The molecule has 1 saturated carbocycles. The van der Waals surface area contributed by atoms with E-state index < -0.39 is 0 Å². The van der Waals surface area contributed by atoms with Crippen LogP contribution in [-0.4, -0.2) is 39.1 Å². The monoisotopic (exact) mass is 332 g/mol. The Morgan fingerprint density at radius 3 is 2.38 bits per heavy atom. The third-order valence-electron chi connectivity index (χ3n) is 4.75. The van der Waals surface area contributed by atoms with E-state index in [0.29, 0.717) is 13.2 Å². The second-order valence-electron chi connectivity index (χ2n) is 6.42. The van der Waals surface area contributed by atoms with Gasteiger partial charge in [-0.15, -0.1) is 0 Å². The first-order valence-corrected chi connectivity index (χ1v) is 8.72. The number of anilines is 1. The Labute approximate surface area is 144 Å². The minimum absolute atomic E-state index is 0.0211. The molecule has 0 unspecified atom stereocenters. The molecule has 2 rings (SSSR count). The summed E-state index contributed by atoms with van der Waals surface area (Å²) in [4.78, 5) is 26.5. The normalized spacial score (nSPS) is 20.4. The zero-order chi connectivity index (χ0) is 17.4. The summed E-state index contributed by atoms with van der Waals surface area (Å²) in [6.07, 6.45) is 3.97. The second-order valence-corrected chi connectivity index (χ2v) is 6.42. The standard InChI is InChI=1S/C19H28N2O3/c1-21(17-7-4-3-5-8-17)19(23)16-11-9-15(10-12-16)18(22)20-13-6-14-24-2/h3-5,7-8,15-16H,6,9-14H2,1-2H3,(H,20,22). The predicted molar refractivity (Wildman–Crippen MR) is 94.8 cm³/mol. The maximum Gasteiger partial charge on any atom is 0.229 e. The van der Waals surface area contributed by atoms with Gasteiger partial charge >= 0.3 is 0 Å². The molecule has 2 amide bonds. The maximum absolute atomic E-state index is 12.6. The molecule has 0 spiro atoms. The van der Waals surface area contributed by atoms with Crippen LogP contribution in [0.2, 0.25) is 0 Å². The number of ether oxygens (including phenoxy) is 1. The Kier molecular flexibility index (Phi) is 7.25. The molecule has 1 aliphatic rings. The lowest BCUT2D eigenvalue weighted by Gasteiger charge is -2.30. The lowest BCUT2D eigenvalue weighted by Crippen LogP contribution is -2.38. The zero-order valence-electron chi connectivity index (χ0n) is 14.7. The second kappa shape index (κ2) is 9.42. The third-order valence-corrected chi connectivity index (χ3v) is 4.75. The van der Waals surface area contributed by atoms with E-state index in [1.807, 2.05) is 37.4 Å². The Bertz CT molecular complexity index is 525. The molecule has 5 nitrogen and oxygen atoms in total. The highest BCUT2D eigenvalue weighted by Gasteiger charge is 2.31. The highest BCUT2D eigenvalue weighted by molar-refractivity contribution is 5.94. The van der Waals surface area contributed by atoms with Crippen molar-refractivity contribution in [2.45, 2.75) is 32.1 Å². The summed E-state index contributed by atoms with van der Waals surface area (Å²) in [7, 11) is 3.48. The van der Waals surface area contributed by atoms with Crippen LogP contribution in [-0.2, 0) is 14.3 Å². The molecule has 0 saturated heterocycles. The topological polar surface area (TPSA) is 58.6 Å². The van der Waals surface area contributed by atoms with E-state index in [2.05, 4.69) is 5.32 Å². The van der Waals surface area contributed by atoms with Crippen LogP contribution < -0.4 is 10.2 Å². The molecule has 0 aromatic heterocycles. The van der Waals surface area contributed by atoms with Crippen molar-refractivity contribution in [3.8, 4) is 0 Å². The summed E-state index contributed by atoms with van der Waals surface area (Å²) < 4.78 is 4.97. The van der Waals surface area contributed by atoms with Crippen LogP contribution >= 0.6 is 0 Å². The van der Waals surface area contributed by atoms with Crippen LogP contribution in [0.25, 0.3) is 0 Å². The van der Waals surface area contributed by atoms with Gasteiger partial charge in [0.05, 0.1) is 0 Å². The zero-order valence-corrected chi connectivity index (χ0v) is 14.7. The van der Waals surface area contributed by atoms with Gasteiger partial charge in [-0.25, -0.2) is 0 Å². The largest absolute Gasteiger partial charge is 0.385 e. The first kappa shape index (κ1) is 18.5. The first-order chi connectivity index (χ1) is 11.6. The fourth-order valence-corrected chi connectivity index (χ4v) is 3.23. The van der Waals surface area contributed by atoms with Crippen molar-refractivity contribution < 1.29 is 14.3 Å². The highest BCUT2D eigenvalue weighted by atomic mass is 16.5. The number of hydrogen-bond acceptors (Lipinski definition) is 3. The molecule has 0 bridgehead atoms. The van der Waals surface area contributed by atoms with E-state index >= 15 is 0 Å². The molecule has 1 aliphatic carbocycles. The van der Waals surface area contributed by atoms with Crippen molar-refractivity contribution >= 4 is 17.5 Å². The van der Waals surface area contributed by atoms with Crippen LogP contribution in [0, 0.1) is 11.8 Å². The molecule has 5 heteroatoms. The van der Waals surface area contributed by atoms with Crippen molar-refractivity contribution in [1.82, 2.24) is 5.32 Å². The van der Waals surface area contributed by atoms with Crippen molar-refractivity contribution in [3.05, 3.63) is 30.3 Å². The Hall–Kier alpha value is -1.88. The minimum atomic E-state index is 0.0211. The van der Waals surface area contributed by atoms with Crippen LogP contribution in [0.5, 0.6) is 0 Å². The van der Waals surface area contributed by atoms with E-state index in [1.54, 1.807) is 12.0 Å². The molecule has 0 radical (unpaired) electrons. The molecule has 132 valence electrons. The van der Waals surface area contributed by atoms with Gasteiger partial charge in [0.2, 0.25) is 11.8 Å². The highest BCUT2D eigenvalue weighted by Crippen LogP contribution is 2.31. The lowest BCUT2D eigenvalue weighted by molar-refractivity contribution is -0.129. The summed E-state index contributed by atoms with van der Waals surface area (Å²) in [5.41, 5.74) is 0.917. The van der Waals surface area contributed by atoms with E-state index in [9.17, 15) is 9.59 Å². The average molecular weight is 332 g/mol. The van der Waals surface area contributed by atoms with Crippen LogP contribution in [0.1, 0.15) is 32.1 Å². The Morgan fingerprint density at radius 2 is 1.75 bits per heavy atom. The number of methoxy groups -OCH3 is 1. The lowest BCUT2D eigenvalue weighted by atomic mass is 9.81. The molecular weight excluding hydrogens is 304 g/mol. The van der Waals surface area contributed by atoms with Gasteiger partial charge in [-0.3, -0.25) is 9.59 Å². The predicted octanol–water partition coefficient (Wildman–Crippen LogP) is 2.61. The summed E-state index contributed by atoms with van der Waals surface area (Å²) in [5.74, 6) is 0.333. The van der Waals surface area contributed by atoms with Crippen LogP contribution in [0.15, 0.2) is 30.3 Å². The quantitative estimate of drug-likeness (QED) is 0.781. The summed E-state index contributed by atoms with van der Waals surface area (Å²) in [6.45, 7) is 1.32. The molecule has 1 fully saturated rings. The van der Waals surface area contributed by atoms with E-state index in [1.165, 1.54) is 0 Å². The molecule has 1 aromatic rings. The number of hydrogen-bond donors (Lipinski definition) is 1. The third kappa shape index (κ3) is 5.06. The molecule has 1 aromatic carbocycles. The molecule has 0 atom stereocenters. The van der Waals surface area contributed by atoms with E-state index in [-0.39, 0.29) is 23.7 Å². The number of amides is 2. The molecule has 24 heavy (non-hydrogen) atoms. The molecular formula is C19H28N2O3. The van der Waals surface area contributed by atoms with Crippen molar-refractivity contribution in [1.29, 1.82) is 0 Å². The maximum atomic E-state index is 12.6. The average Bonchev–Trinajstić information content (AvgIpc) is 2.64. The van der Waals surface area contributed by atoms with Gasteiger partial charge < -0.3 is 15.0 Å². The minimum Gasteiger partial charge on any atom is -0.385 e. The van der Waals surface area contributed by atoms with Gasteiger partial charge in [0, 0.05) is 44.8 Å².